The number of carbonyl (C=O) groups is 2. The minimum Gasteiger partial charge on any atom is -0.497 e. The van der Waals surface area contributed by atoms with Crippen molar-refractivity contribution in [3.8, 4) is 5.75 Å². The number of nitrogens with one attached hydrogen (secondary N) is 4. The van der Waals surface area contributed by atoms with Gasteiger partial charge in [0, 0.05) is 18.2 Å². The Morgan fingerprint density at radius 3 is 2.68 bits per heavy atom. The summed E-state index contributed by atoms with van der Waals surface area (Å²) in [7, 11) is 1.44. The summed E-state index contributed by atoms with van der Waals surface area (Å²) in [5.41, 5.74) is 6.85. The number of hydrogen-bond donors (Lipinski definition) is 4. The first-order valence-electron chi connectivity index (χ1n) is 11.6. The van der Waals surface area contributed by atoms with Crippen molar-refractivity contribution in [3.63, 3.8) is 0 Å². The number of rotatable bonds is 17. The molecule has 1 aromatic rings. The normalized spacial score (nSPS) is 18.6. The van der Waals surface area contributed by atoms with Crippen LogP contribution in [-0.2, 0) is 19.0 Å². The van der Waals surface area contributed by atoms with Crippen molar-refractivity contribution in [3.05, 3.63) is 29.6 Å². The number of thioether (sulfide) groups is 1. The maximum absolute atomic E-state index is 14.5. The van der Waals surface area contributed by atoms with E-state index in [1.165, 1.54) is 24.9 Å². The van der Waals surface area contributed by atoms with Crippen LogP contribution < -0.4 is 25.6 Å². The molecule has 0 aliphatic carbocycles. The Labute approximate surface area is 223 Å². The summed E-state index contributed by atoms with van der Waals surface area (Å²) in [5, 5.41) is 9.90. The fraction of sp³-hybridized carbons (Fsp3) is 0.636. The van der Waals surface area contributed by atoms with Crippen LogP contribution in [0.4, 0.5) is 9.18 Å². The lowest BCUT2D eigenvalue weighted by Gasteiger charge is -2.31. The van der Waals surface area contributed by atoms with E-state index >= 15 is 0 Å². The number of benzene rings is 1. The Bertz CT molecular complexity index is 928. The predicted molar refractivity (Wildman–Crippen MR) is 135 cm³/mol. The second-order valence-electron chi connectivity index (χ2n) is 7.80. The van der Waals surface area contributed by atoms with Gasteiger partial charge in [-0.1, -0.05) is 6.07 Å². The summed E-state index contributed by atoms with van der Waals surface area (Å²) >= 11 is 7.50. The molecule has 15 heteroatoms. The van der Waals surface area contributed by atoms with Crippen molar-refractivity contribution in [2.75, 3.05) is 59.8 Å². The summed E-state index contributed by atoms with van der Waals surface area (Å²) < 4.78 is 35.9. The third-order valence-corrected chi connectivity index (χ3v) is 7.09. The van der Waals surface area contributed by atoms with Crippen LogP contribution in [0.2, 0.25) is 0 Å². The van der Waals surface area contributed by atoms with Crippen molar-refractivity contribution < 1.29 is 32.9 Å². The molecule has 1 fully saturated rings. The Morgan fingerprint density at radius 2 is 2.00 bits per heavy atom. The highest BCUT2D eigenvalue weighted by Crippen LogP contribution is 2.26. The van der Waals surface area contributed by atoms with Gasteiger partial charge in [-0.3, -0.25) is 4.79 Å². The SMILES string of the molecule is COc1ccc([C@@H](C)NC(=O)[C@H](COCCOCCOCCN=[N+]=N)SC2NC(=O)NCC2Cl)c(F)c1. The molecule has 4 atom stereocenters. The molecule has 3 amide bonds. The molecule has 1 aromatic carbocycles. The molecule has 0 radical (unpaired) electrons. The fourth-order valence-corrected chi connectivity index (χ4v) is 4.68. The van der Waals surface area contributed by atoms with Gasteiger partial charge in [-0.05, 0) is 13.0 Å². The number of methoxy groups -OCH3 is 1. The fourth-order valence-electron chi connectivity index (χ4n) is 3.20. The minimum absolute atomic E-state index is 0.0235. The highest BCUT2D eigenvalue weighted by Gasteiger charge is 2.33. The number of carbonyl (C=O) groups excluding carboxylic acids is 2. The Balaban J connectivity index is 1.87. The van der Waals surface area contributed by atoms with Crippen molar-refractivity contribution in [2.45, 2.75) is 29.0 Å². The largest absolute Gasteiger partial charge is 0.497 e. The van der Waals surface area contributed by atoms with Gasteiger partial charge < -0.3 is 34.9 Å². The molecule has 1 aliphatic heterocycles. The Morgan fingerprint density at radius 1 is 1.30 bits per heavy atom. The van der Waals surface area contributed by atoms with Crippen LogP contribution in [0, 0.1) is 11.3 Å². The lowest BCUT2D eigenvalue weighted by atomic mass is 10.1. The molecule has 12 nitrogen and oxygen atoms in total. The molecule has 2 unspecified atom stereocenters. The molecule has 1 heterocycles. The number of alkyl halides is 1. The number of hydrogen-bond acceptors (Lipinski definition) is 9. The number of urea groups is 1. The van der Waals surface area contributed by atoms with Gasteiger partial charge in [-0.2, -0.15) is 0 Å². The van der Waals surface area contributed by atoms with Crippen molar-refractivity contribution in [1.82, 2.24) is 20.9 Å². The monoisotopic (exact) mass is 563 g/mol. The van der Waals surface area contributed by atoms with Crippen molar-refractivity contribution >= 4 is 35.3 Å². The van der Waals surface area contributed by atoms with Crippen molar-refractivity contribution in [2.24, 2.45) is 5.11 Å². The molecule has 206 valence electrons. The van der Waals surface area contributed by atoms with Crippen LogP contribution in [0.1, 0.15) is 18.5 Å². The lowest BCUT2D eigenvalue weighted by Crippen LogP contribution is -2.55. The summed E-state index contributed by atoms with van der Waals surface area (Å²) in [6.45, 7) is 3.84. The van der Waals surface area contributed by atoms with Gasteiger partial charge >= 0.3 is 6.03 Å². The van der Waals surface area contributed by atoms with E-state index in [1.54, 1.807) is 19.1 Å². The number of ether oxygens (including phenoxy) is 4. The molecule has 37 heavy (non-hydrogen) atoms. The van der Waals surface area contributed by atoms with Crippen LogP contribution in [0.3, 0.4) is 0 Å². The third kappa shape index (κ3) is 11.2. The molecule has 4 N–H and O–H groups in total. The van der Waals surface area contributed by atoms with Gasteiger partial charge in [-0.15, -0.1) is 23.4 Å². The zero-order chi connectivity index (χ0) is 27.0. The number of nitrogens with zero attached hydrogens (tertiary/aromatic N) is 2. The lowest BCUT2D eigenvalue weighted by molar-refractivity contribution is -0.122. The van der Waals surface area contributed by atoms with Gasteiger partial charge in [0.05, 0.1) is 63.5 Å². The summed E-state index contributed by atoms with van der Waals surface area (Å²) in [4.78, 5) is 27.8. The first kappa shape index (κ1) is 30.7. The molecular weight excluding hydrogens is 531 g/mol. The van der Waals surface area contributed by atoms with Crippen molar-refractivity contribution in [1.29, 1.82) is 5.53 Å². The van der Waals surface area contributed by atoms with Gasteiger partial charge in [0.25, 0.3) is 0 Å². The smallest absolute Gasteiger partial charge is 0.315 e. The van der Waals surface area contributed by atoms with Crippen LogP contribution >= 0.6 is 23.4 Å². The average Bonchev–Trinajstić information content (AvgIpc) is 2.88. The molecule has 1 saturated heterocycles. The molecule has 0 spiro atoms. The predicted octanol–water partition coefficient (Wildman–Crippen LogP) is 1.96. The van der Waals surface area contributed by atoms with E-state index in [0.29, 0.717) is 37.7 Å². The Hall–Kier alpha value is -2.48. The maximum atomic E-state index is 14.5. The van der Waals surface area contributed by atoms with E-state index in [2.05, 4.69) is 26.0 Å². The van der Waals surface area contributed by atoms with Gasteiger partial charge in [0.15, 0.2) is 0 Å². The zero-order valence-electron chi connectivity index (χ0n) is 20.7. The van der Waals surface area contributed by atoms with E-state index in [0.717, 1.165) is 0 Å². The number of halogens is 2. The van der Waals surface area contributed by atoms with E-state index in [4.69, 9.17) is 36.1 Å². The molecule has 0 saturated carbocycles. The maximum Gasteiger partial charge on any atom is 0.315 e. The summed E-state index contributed by atoms with van der Waals surface area (Å²) in [5.74, 6) is -0.509. The third-order valence-electron chi connectivity index (χ3n) is 5.12. The molecule has 0 aromatic heterocycles. The molecule has 2 rings (SSSR count). The van der Waals surface area contributed by atoms with Gasteiger partial charge in [0.1, 0.15) is 34.0 Å². The van der Waals surface area contributed by atoms with Crippen LogP contribution in [0.25, 0.3) is 0 Å². The van der Waals surface area contributed by atoms with Crippen LogP contribution in [0.15, 0.2) is 23.3 Å². The molecular formula is C22H33ClFN6O6S+. The zero-order valence-corrected chi connectivity index (χ0v) is 22.3. The minimum atomic E-state index is -0.733. The molecule has 0 bridgehead atoms. The van der Waals surface area contributed by atoms with E-state index in [9.17, 15) is 14.0 Å². The quantitative estimate of drug-likeness (QED) is 0.0976. The number of amides is 3. The van der Waals surface area contributed by atoms with E-state index in [-0.39, 0.29) is 38.3 Å². The van der Waals surface area contributed by atoms with Crippen LogP contribution in [0.5, 0.6) is 5.75 Å². The van der Waals surface area contributed by atoms with E-state index < -0.39 is 27.9 Å². The summed E-state index contributed by atoms with van der Waals surface area (Å²) in [6.07, 6.45) is 0. The standard InChI is InChI=1S/C22H32ClFN6O6S/c1-14(16-4-3-15(33-2)11-18(16)24)28-20(31)19(37-21-17(23)12-26-22(32)29-21)13-36-10-9-35-8-7-34-6-5-27-30-25/h3-4,11,14,17,19,21,25H,5-10,12-13H2,1-2H3,(H2-,26,28,29,31,32)/p+1/t14-,17?,19+,21?/m1/s1. The van der Waals surface area contributed by atoms with Crippen LogP contribution in [-0.4, -0.2) is 87.8 Å². The summed E-state index contributed by atoms with van der Waals surface area (Å²) in [6, 6.07) is 3.43. The van der Waals surface area contributed by atoms with Gasteiger partial charge in [-0.25, -0.2) is 9.18 Å². The average molecular weight is 564 g/mol. The first-order valence-corrected chi connectivity index (χ1v) is 13.0. The first-order chi connectivity index (χ1) is 17.8. The van der Waals surface area contributed by atoms with E-state index in [1.807, 2.05) is 0 Å². The van der Waals surface area contributed by atoms with Gasteiger partial charge in [0.2, 0.25) is 10.8 Å². The Kier molecular flexibility index (Phi) is 14.2. The topological polar surface area (TPSA) is 157 Å². The highest BCUT2D eigenvalue weighted by atomic mass is 35.5. The second kappa shape index (κ2) is 17.1. The second-order valence-corrected chi connectivity index (χ2v) is 9.71. The highest BCUT2D eigenvalue weighted by molar-refractivity contribution is 8.01. The molecule has 1 aliphatic rings.